The van der Waals surface area contributed by atoms with Crippen LogP contribution in [0.2, 0.25) is 0 Å². The van der Waals surface area contributed by atoms with E-state index < -0.39 is 0 Å². The molecular weight excluding hydrogens is 196 g/mol. The summed E-state index contributed by atoms with van der Waals surface area (Å²) in [5, 5.41) is 0. The van der Waals surface area contributed by atoms with Crippen LogP contribution < -0.4 is 0 Å². The van der Waals surface area contributed by atoms with Crippen LogP contribution in [0.15, 0.2) is 12.7 Å². The molecule has 0 amide bonds. The average molecular weight is 214 g/mol. The van der Waals surface area contributed by atoms with Crippen LogP contribution in [0, 0.1) is 5.92 Å². The number of esters is 1. The van der Waals surface area contributed by atoms with Gasteiger partial charge >= 0.3 is 5.97 Å². The van der Waals surface area contributed by atoms with Crippen molar-refractivity contribution in [3.63, 3.8) is 0 Å². The second-order valence-electron chi connectivity index (χ2n) is 3.61. The highest BCUT2D eigenvalue weighted by Crippen LogP contribution is 2.15. The fourth-order valence-corrected chi connectivity index (χ4v) is 1.41. The van der Waals surface area contributed by atoms with Crippen molar-refractivity contribution in [2.75, 3.05) is 19.8 Å². The van der Waals surface area contributed by atoms with Crippen molar-refractivity contribution in [2.24, 2.45) is 5.92 Å². The van der Waals surface area contributed by atoms with Gasteiger partial charge in [-0.2, -0.15) is 0 Å². The molecule has 4 heteroatoms. The maximum atomic E-state index is 10.7. The molecule has 86 valence electrons. The Morgan fingerprint density at radius 1 is 1.53 bits per heavy atom. The SMILES string of the molecule is C=CC(=O)OCCC[C@H]1CO[C@H](C)OC1. The van der Waals surface area contributed by atoms with Crippen molar-refractivity contribution in [3.8, 4) is 0 Å². The molecule has 0 N–H and O–H groups in total. The Morgan fingerprint density at radius 2 is 2.20 bits per heavy atom. The van der Waals surface area contributed by atoms with Crippen molar-refractivity contribution in [3.05, 3.63) is 12.7 Å². The van der Waals surface area contributed by atoms with E-state index in [2.05, 4.69) is 6.58 Å². The van der Waals surface area contributed by atoms with E-state index in [1.165, 1.54) is 6.08 Å². The van der Waals surface area contributed by atoms with Gasteiger partial charge in [0, 0.05) is 12.0 Å². The largest absolute Gasteiger partial charge is 0.463 e. The topological polar surface area (TPSA) is 44.8 Å². The summed E-state index contributed by atoms with van der Waals surface area (Å²) in [6, 6.07) is 0. The molecule has 0 spiro atoms. The summed E-state index contributed by atoms with van der Waals surface area (Å²) in [4.78, 5) is 10.7. The van der Waals surface area contributed by atoms with Gasteiger partial charge < -0.3 is 14.2 Å². The van der Waals surface area contributed by atoms with Crippen LogP contribution in [-0.4, -0.2) is 32.1 Å². The van der Waals surface area contributed by atoms with Gasteiger partial charge in [0.1, 0.15) is 0 Å². The number of carbonyl (C=O) groups is 1. The summed E-state index contributed by atoms with van der Waals surface area (Å²) in [5.41, 5.74) is 0. The minimum absolute atomic E-state index is 0.0835. The smallest absolute Gasteiger partial charge is 0.330 e. The molecule has 0 unspecified atom stereocenters. The number of rotatable bonds is 5. The van der Waals surface area contributed by atoms with Gasteiger partial charge in [-0.25, -0.2) is 4.79 Å². The first-order chi connectivity index (χ1) is 7.22. The van der Waals surface area contributed by atoms with Gasteiger partial charge in [0.05, 0.1) is 19.8 Å². The molecule has 1 fully saturated rings. The molecule has 15 heavy (non-hydrogen) atoms. The fraction of sp³-hybridized carbons (Fsp3) is 0.727. The summed E-state index contributed by atoms with van der Waals surface area (Å²) in [5.74, 6) is 0.0587. The quantitative estimate of drug-likeness (QED) is 0.395. The molecular formula is C11H18O4. The third-order valence-electron chi connectivity index (χ3n) is 2.30. The maximum Gasteiger partial charge on any atom is 0.330 e. The van der Waals surface area contributed by atoms with E-state index in [-0.39, 0.29) is 12.3 Å². The van der Waals surface area contributed by atoms with Gasteiger partial charge in [0.2, 0.25) is 0 Å². The van der Waals surface area contributed by atoms with Crippen LogP contribution in [0.4, 0.5) is 0 Å². The first-order valence-electron chi connectivity index (χ1n) is 5.24. The van der Waals surface area contributed by atoms with Crippen molar-refractivity contribution in [1.82, 2.24) is 0 Å². The Kier molecular flexibility index (Phi) is 5.36. The number of hydrogen-bond donors (Lipinski definition) is 0. The molecule has 1 saturated heterocycles. The molecule has 0 aromatic heterocycles. The molecule has 4 nitrogen and oxygen atoms in total. The Morgan fingerprint density at radius 3 is 2.80 bits per heavy atom. The van der Waals surface area contributed by atoms with Crippen LogP contribution >= 0.6 is 0 Å². The minimum Gasteiger partial charge on any atom is -0.463 e. The lowest BCUT2D eigenvalue weighted by Gasteiger charge is -2.27. The summed E-state index contributed by atoms with van der Waals surface area (Å²) >= 11 is 0. The van der Waals surface area contributed by atoms with Crippen molar-refractivity contribution in [2.45, 2.75) is 26.1 Å². The summed E-state index contributed by atoms with van der Waals surface area (Å²) in [6.07, 6.45) is 2.89. The van der Waals surface area contributed by atoms with E-state index >= 15 is 0 Å². The molecule has 1 heterocycles. The lowest BCUT2D eigenvalue weighted by molar-refractivity contribution is -0.191. The zero-order valence-corrected chi connectivity index (χ0v) is 9.11. The number of carbonyl (C=O) groups excluding carboxylic acids is 1. The van der Waals surface area contributed by atoms with Gasteiger partial charge in [0.15, 0.2) is 6.29 Å². The molecule has 1 aliphatic rings. The van der Waals surface area contributed by atoms with Crippen LogP contribution in [0.25, 0.3) is 0 Å². The van der Waals surface area contributed by atoms with Crippen LogP contribution in [0.5, 0.6) is 0 Å². The van der Waals surface area contributed by atoms with E-state index in [0.29, 0.717) is 12.5 Å². The molecule has 0 aromatic carbocycles. The fourth-order valence-electron chi connectivity index (χ4n) is 1.41. The number of ether oxygens (including phenoxy) is 3. The van der Waals surface area contributed by atoms with Gasteiger partial charge in [-0.05, 0) is 19.8 Å². The Labute approximate surface area is 90.2 Å². The zero-order valence-electron chi connectivity index (χ0n) is 9.11. The Hall–Kier alpha value is -0.870. The van der Waals surface area contributed by atoms with Gasteiger partial charge in [-0.3, -0.25) is 0 Å². The Balaban J connectivity index is 2.00. The predicted molar refractivity (Wildman–Crippen MR) is 55.2 cm³/mol. The second kappa shape index (κ2) is 6.58. The molecule has 0 saturated carbocycles. The van der Waals surface area contributed by atoms with Gasteiger partial charge in [-0.15, -0.1) is 0 Å². The van der Waals surface area contributed by atoms with Gasteiger partial charge in [-0.1, -0.05) is 6.58 Å². The molecule has 0 radical (unpaired) electrons. The van der Waals surface area contributed by atoms with Crippen molar-refractivity contribution < 1.29 is 19.0 Å². The van der Waals surface area contributed by atoms with Crippen molar-refractivity contribution in [1.29, 1.82) is 0 Å². The summed E-state index contributed by atoms with van der Waals surface area (Å²) < 4.78 is 15.6. The van der Waals surface area contributed by atoms with Crippen LogP contribution in [-0.2, 0) is 19.0 Å². The monoisotopic (exact) mass is 214 g/mol. The van der Waals surface area contributed by atoms with Crippen LogP contribution in [0.1, 0.15) is 19.8 Å². The standard InChI is InChI=1S/C11H18O4/c1-3-11(12)13-6-4-5-10-7-14-9(2)15-8-10/h3,9-10H,1,4-8H2,2H3/t9-,10-. The summed E-state index contributed by atoms with van der Waals surface area (Å²) in [7, 11) is 0. The molecule has 0 bridgehead atoms. The molecule has 0 atom stereocenters. The minimum atomic E-state index is -0.361. The molecule has 0 aliphatic carbocycles. The first-order valence-corrected chi connectivity index (χ1v) is 5.24. The predicted octanol–water partition coefficient (Wildman–Crippen LogP) is 1.50. The highest BCUT2D eigenvalue weighted by atomic mass is 16.7. The summed E-state index contributed by atoms with van der Waals surface area (Å²) in [6.45, 7) is 7.12. The van der Waals surface area contributed by atoms with E-state index in [0.717, 1.165) is 26.1 Å². The lowest BCUT2D eigenvalue weighted by atomic mass is 10.1. The second-order valence-corrected chi connectivity index (χ2v) is 3.61. The Bertz CT molecular complexity index is 207. The third kappa shape index (κ3) is 4.95. The molecule has 1 aliphatic heterocycles. The average Bonchev–Trinajstić information content (AvgIpc) is 2.26. The maximum absolute atomic E-state index is 10.7. The normalized spacial score (nSPS) is 25.9. The molecule has 0 aromatic rings. The third-order valence-corrected chi connectivity index (χ3v) is 2.30. The van der Waals surface area contributed by atoms with Gasteiger partial charge in [0.25, 0.3) is 0 Å². The highest BCUT2D eigenvalue weighted by Gasteiger charge is 2.18. The van der Waals surface area contributed by atoms with Crippen LogP contribution in [0.3, 0.4) is 0 Å². The highest BCUT2D eigenvalue weighted by molar-refractivity contribution is 5.81. The first kappa shape index (κ1) is 12.2. The molecule has 1 rings (SSSR count). The van der Waals surface area contributed by atoms with Crippen molar-refractivity contribution >= 4 is 5.97 Å². The van der Waals surface area contributed by atoms with E-state index in [1.54, 1.807) is 0 Å². The lowest BCUT2D eigenvalue weighted by Crippen LogP contribution is -2.30. The number of hydrogen-bond acceptors (Lipinski definition) is 4. The van der Waals surface area contributed by atoms with E-state index in [1.807, 2.05) is 6.92 Å². The zero-order chi connectivity index (χ0) is 11.1. The van der Waals surface area contributed by atoms with E-state index in [9.17, 15) is 4.79 Å². The van der Waals surface area contributed by atoms with E-state index in [4.69, 9.17) is 14.2 Å².